The lowest BCUT2D eigenvalue weighted by Gasteiger charge is -1.97. The second-order valence-corrected chi connectivity index (χ2v) is 4.06. The fraction of sp³-hybridized carbons (Fsp3) is 0.133. The Morgan fingerprint density at radius 1 is 1.17 bits per heavy atom. The highest BCUT2D eigenvalue weighted by Gasteiger charge is 2.22. The van der Waals surface area contributed by atoms with E-state index in [1.165, 1.54) is 6.26 Å². The van der Waals surface area contributed by atoms with Gasteiger partial charge in [0.05, 0.1) is 11.8 Å². The molecule has 2 heterocycles. The van der Waals surface area contributed by atoms with Gasteiger partial charge in [0.15, 0.2) is 5.76 Å². The molecule has 0 fully saturated rings. The lowest BCUT2D eigenvalue weighted by Crippen LogP contribution is -2.01. The van der Waals surface area contributed by atoms with E-state index in [-0.39, 0.29) is 5.78 Å². The molecule has 0 atom stereocenters. The maximum Gasteiger partial charge on any atom is 0.232 e. The lowest BCUT2D eigenvalue weighted by atomic mass is 10.0. The van der Waals surface area contributed by atoms with Crippen LogP contribution in [0.2, 0.25) is 0 Å². The first-order valence-electron chi connectivity index (χ1n) is 5.90. The van der Waals surface area contributed by atoms with Crippen molar-refractivity contribution in [3.05, 3.63) is 59.7 Å². The van der Waals surface area contributed by atoms with Crippen molar-refractivity contribution < 1.29 is 13.6 Å². The van der Waals surface area contributed by atoms with E-state index in [1.807, 2.05) is 31.2 Å². The highest BCUT2D eigenvalue weighted by molar-refractivity contribution is 6.15. The predicted octanol–water partition coefficient (Wildman–Crippen LogP) is 3.82. The number of benzene rings is 1. The fourth-order valence-electron chi connectivity index (χ4n) is 2.12. The van der Waals surface area contributed by atoms with E-state index in [0.29, 0.717) is 23.5 Å². The first kappa shape index (κ1) is 10.8. The molecule has 0 aliphatic rings. The molecule has 0 aliphatic carbocycles. The van der Waals surface area contributed by atoms with Crippen LogP contribution in [0.4, 0.5) is 0 Å². The molecule has 3 nitrogen and oxygen atoms in total. The van der Waals surface area contributed by atoms with Crippen LogP contribution in [0.5, 0.6) is 0 Å². The molecule has 90 valence electrons. The van der Waals surface area contributed by atoms with Crippen LogP contribution in [-0.4, -0.2) is 5.78 Å². The van der Waals surface area contributed by atoms with Crippen molar-refractivity contribution >= 4 is 16.8 Å². The van der Waals surface area contributed by atoms with E-state index in [0.717, 1.165) is 11.0 Å². The van der Waals surface area contributed by atoms with Crippen molar-refractivity contribution in [3.63, 3.8) is 0 Å². The molecule has 0 saturated carbocycles. The first-order valence-corrected chi connectivity index (χ1v) is 5.90. The Morgan fingerprint density at radius 2 is 2.00 bits per heavy atom. The SMILES string of the molecule is CCc1oc2ccccc2c1C(=O)c1ccco1. The van der Waals surface area contributed by atoms with Crippen LogP contribution >= 0.6 is 0 Å². The quantitative estimate of drug-likeness (QED) is 0.653. The molecular weight excluding hydrogens is 228 g/mol. The molecule has 1 aromatic carbocycles. The average Bonchev–Trinajstić information content (AvgIpc) is 3.04. The van der Waals surface area contributed by atoms with Crippen LogP contribution < -0.4 is 0 Å². The summed E-state index contributed by atoms with van der Waals surface area (Å²) in [5.74, 6) is 0.927. The standard InChI is InChI=1S/C15H12O3/c1-2-11-14(15(16)13-8-5-9-17-13)10-6-3-4-7-12(10)18-11/h3-9H,2H2,1H3. The highest BCUT2D eigenvalue weighted by Crippen LogP contribution is 2.28. The molecule has 3 aromatic rings. The molecule has 0 saturated heterocycles. The minimum atomic E-state index is -0.123. The molecule has 0 radical (unpaired) electrons. The molecule has 2 aromatic heterocycles. The smallest absolute Gasteiger partial charge is 0.232 e. The van der Waals surface area contributed by atoms with Crippen molar-refractivity contribution in [2.45, 2.75) is 13.3 Å². The Kier molecular flexibility index (Phi) is 2.52. The van der Waals surface area contributed by atoms with Gasteiger partial charge in [0.1, 0.15) is 11.3 Å². The third-order valence-corrected chi connectivity index (χ3v) is 2.96. The van der Waals surface area contributed by atoms with Gasteiger partial charge in [0, 0.05) is 11.8 Å². The van der Waals surface area contributed by atoms with Crippen molar-refractivity contribution in [2.75, 3.05) is 0 Å². The number of hydrogen-bond donors (Lipinski definition) is 0. The zero-order chi connectivity index (χ0) is 12.5. The molecular formula is C15H12O3. The fourth-order valence-corrected chi connectivity index (χ4v) is 2.12. The van der Waals surface area contributed by atoms with Crippen LogP contribution in [0.1, 0.15) is 28.8 Å². The minimum absolute atomic E-state index is 0.123. The van der Waals surface area contributed by atoms with Gasteiger partial charge in [-0.05, 0) is 18.2 Å². The second kappa shape index (κ2) is 4.18. The van der Waals surface area contributed by atoms with E-state index in [9.17, 15) is 4.79 Å². The summed E-state index contributed by atoms with van der Waals surface area (Å²) in [5, 5.41) is 0.843. The number of carbonyl (C=O) groups is 1. The van der Waals surface area contributed by atoms with Gasteiger partial charge in [-0.2, -0.15) is 0 Å². The van der Waals surface area contributed by atoms with Gasteiger partial charge < -0.3 is 8.83 Å². The monoisotopic (exact) mass is 240 g/mol. The van der Waals surface area contributed by atoms with Gasteiger partial charge in [-0.25, -0.2) is 0 Å². The number of carbonyl (C=O) groups excluding carboxylic acids is 1. The van der Waals surface area contributed by atoms with Crippen LogP contribution in [0, 0.1) is 0 Å². The lowest BCUT2D eigenvalue weighted by molar-refractivity contribution is 0.101. The van der Waals surface area contributed by atoms with Crippen molar-refractivity contribution in [3.8, 4) is 0 Å². The molecule has 0 spiro atoms. The zero-order valence-electron chi connectivity index (χ0n) is 9.97. The number of aryl methyl sites for hydroxylation is 1. The number of rotatable bonds is 3. The summed E-state index contributed by atoms with van der Waals surface area (Å²) in [6, 6.07) is 10.9. The summed E-state index contributed by atoms with van der Waals surface area (Å²) in [6.45, 7) is 1.97. The number of hydrogen-bond acceptors (Lipinski definition) is 3. The van der Waals surface area contributed by atoms with Gasteiger partial charge in [-0.1, -0.05) is 25.1 Å². The van der Waals surface area contributed by atoms with E-state index < -0.39 is 0 Å². The molecule has 0 N–H and O–H groups in total. The zero-order valence-corrected chi connectivity index (χ0v) is 9.97. The van der Waals surface area contributed by atoms with Crippen LogP contribution in [0.3, 0.4) is 0 Å². The van der Waals surface area contributed by atoms with Crippen molar-refractivity contribution in [2.24, 2.45) is 0 Å². The largest absolute Gasteiger partial charge is 0.461 e. The minimum Gasteiger partial charge on any atom is -0.461 e. The summed E-state index contributed by atoms with van der Waals surface area (Å²) < 4.78 is 10.9. The number of fused-ring (bicyclic) bond motifs is 1. The predicted molar refractivity (Wildman–Crippen MR) is 67.7 cm³/mol. The van der Waals surface area contributed by atoms with E-state index in [1.54, 1.807) is 12.1 Å². The summed E-state index contributed by atoms with van der Waals surface area (Å²) in [7, 11) is 0. The molecule has 18 heavy (non-hydrogen) atoms. The summed E-state index contributed by atoms with van der Waals surface area (Å²) in [5.41, 5.74) is 1.35. The maximum atomic E-state index is 12.4. The van der Waals surface area contributed by atoms with Crippen LogP contribution in [0.25, 0.3) is 11.0 Å². The Bertz CT molecular complexity index is 690. The second-order valence-electron chi connectivity index (χ2n) is 4.06. The number of furan rings is 2. The maximum absolute atomic E-state index is 12.4. The van der Waals surface area contributed by atoms with Gasteiger partial charge in [-0.15, -0.1) is 0 Å². The number of para-hydroxylation sites is 1. The van der Waals surface area contributed by atoms with Crippen LogP contribution in [-0.2, 0) is 6.42 Å². The van der Waals surface area contributed by atoms with Gasteiger partial charge in [-0.3, -0.25) is 4.79 Å². The third-order valence-electron chi connectivity index (χ3n) is 2.96. The van der Waals surface area contributed by atoms with Gasteiger partial charge in [0.25, 0.3) is 0 Å². The van der Waals surface area contributed by atoms with E-state index in [2.05, 4.69) is 0 Å². The molecule has 0 amide bonds. The Labute approximate surface area is 104 Å². The summed E-state index contributed by atoms with van der Waals surface area (Å²) in [4.78, 5) is 12.4. The van der Waals surface area contributed by atoms with Gasteiger partial charge in [0.2, 0.25) is 5.78 Å². The average molecular weight is 240 g/mol. The van der Waals surface area contributed by atoms with Crippen molar-refractivity contribution in [1.29, 1.82) is 0 Å². The topological polar surface area (TPSA) is 43.4 Å². The molecule has 3 rings (SSSR count). The molecule has 0 bridgehead atoms. The van der Waals surface area contributed by atoms with E-state index >= 15 is 0 Å². The van der Waals surface area contributed by atoms with Crippen molar-refractivity contribution in [1.82, 2.24) is 0 Å². The third kappa shape index (κ3) is 1.56. The van der Waals surface area contributed by atoms with E-state index in [4.69, 9.17) is 8.83 Å². The van der Waals surface area contributed by atoms with Gasteiger partial charge >= 0.3 is 0 Å². The van der Waals surface area contributed by atoms with Crippen LogP contribution in [0.15, 0.2) is 51.5 Å². The summed E-state index contributed by atoms with van der Waals surface area (Å²) >= 11 is 0. The Hall–Kier alpha value is -2.29. The molecule has 0 unspecified atom stereocenters. The number of ketones is 1. The highest BCUT2D eigenvalue weighted by atomic mass is 16.3. The Balaban J connectivity index is 2.24. The summed E-state index contributed by atoms with van der Waals surface area (Å²) in [6.07, 6.45) is 2.18. The normalized spacial score (nSPS) is 10.9. The Morgan fingerprint density at radius 3 is 2.72 bits per heavy atom. The molecule has 3 heteroatoms. The molecule has 0 aliphatic heterocycles. The first-order chi connectivity index (χ1) is 8.81.